The number of aromatic nitrogens is 2. The van der Waals surface area contributed by atoms with Gasteiger partial charge in [-0.1, -0.05) is 15.9 Å². The van der Waals surface area contributed by atoms with Gasteiger partial charge in [0, 0.05) is 11.5 Å². The summed E-state index contributed by atoms with van der Waals surface area (Å²) in [5.41, 5.74) is 6.68. The summed E-state index contributed by atoms with van der Waals surface area (Å²) >= 11 is 3.44. The molecule has 0 unspecified atom stereocenters. The fraction of sp³-hybridized carbons (Fsp3) is 0.250. The average Bonchev–Trinajstić information content (AvgIpc) is 2.69. The smallest absolute Gasteiger partial charge is 0.165 e. The van der Waals surface area contributed by atoms with Crippen molar-refractivity contribution in [3.63, 3.8) is 0 Å². The predicted octanol–water partition coefficient (Wildman–Crippen LogP) is 2.48. The van der Waals surface area contributed by atoms with Gasteiger partial charge in [0.2, 0.25) is 0 Å². The largest absolute Gasteiger partial charge is 0.454 e. The van der Waals surface area contributed by atoms with Crippen LogP contribution >= 0.6 is 15.9 Å². The molecule has 2 rings (SSSR count). The Morgan fingerprint density at radius 2 is 2.29 bits per heavy atom. The zero-order valence-electron chi connectivity index (χ0n) is 9.56. The summed E-state index contributed by atoms with van der Waals surface area (Å²) in [4.78, 5) is 0. The van der Waals surface area contributed by atoms with E-state index in [-0.39, 0.29) is 0 Å². The summed E-state index contributed by atoms with van der Waals surface area (Å²) < 4.78 is 8.51. The van der Waals surface area contributed by atoms with E-state index in [4.69, 9.17) is 10.5 Å². The first-order valence-electron chi connectivity index (χ1n) is 5.34. The summed E-state index contributed by atoms with van der Waals surface area (Å²) in [6.45, 7) is 0.597. The van der Waals surface area contributed by atoms with E-state index in [2.05, 4.69) is 21.0 Å². The highest BCUT2D eigenvalue weighted by Crippen LogP contribution is 2.27. The summed E-state index contributed by atoms with van der Waals surface area (Å²) in [5.74, 6) is 1.56. The summed E-state index contributed by atoms with van der Waals surface area (Å²) in [6.07, 6.45) is 4.30. The molecule has 5 heteroatoms. The fourth-order valence-electron chi connectivity index (χ4n) is 1.58. The molecule has 17 heavy (non-hydrogen) atoms. The van der Waals surface area contributed by atoms with Crippen LogP contribution in [-0.4, -0.2) is 16.3 Å². The van der Waals surface area contributed by atoms with Crippen molar-refractivity contribution in [2.45, 2.75) is 6.42 Å². The van der Waals surface area contributed by atoms with Crippen LogP contribution in [0.1, 0.15) is 5.56 Å². The molecule has 0 saturated carbocycles. The van der Waals surface area contributed by atoms with Crippen molar-refractivity contribution >= 4 is 15.9 Å². The van der Waals surface area contributed by atoms with E-state index < -0.39 is 0 Å². The molecule has 0 saturated heterocycles. The monoisotopic (exact) mass is 295 g/mol. The van der Waals surface area contributed by atoms with E-state index >= 15 is 0 Å². The van der Waals surface area contributed by atoms with Crippen molar-refractivity contribution < 1.29 is 4.74 Å². The number of aryl methyl sites for hydroxylation is 1. The van der Waals surface area contributed by atoms with Gasteiger partial charge in [0.15, 0.2) is 5.75 Å². The number of hydrogen-bond donors (Lipinski definition) is 1. The minimum Gasteiger partial charge on any atom is -0.454 e. The van der Waals surface area contributed by atoms with Crippen molar-refractivity contribution in [3.05, 3.63) is 40.6 Å². The van der Waals surface area contributed by atoms with Crippen molar-refractivity contribution in [2.75, 3.05) is 6.54 Å². The Balaban J connectivity index is 2.25. The first kappa shape index (κ1) is 12.1. The highest BCUT2D eigenvalue weighted by molar-refractivity contribution is 9.10. The average molecular weight is 296 g/mol. The van der Waals surface area contributed by atoms with Crippen LogP contribution in [0.2, 0.25) is 0 Å². The number of nitrogens with zero attached hydrogens (tertiary/aromatic N) is 2. The number of halogens is 1. The zero-order valence-corrected chi connectivity index (χ0v) is 11.1. The van der Waals surface area contributed by atoms with Crippen molar-refractivity contribution in [1.82, 2.24) is 9.78 Å². The Labute approximate surface area is 109 Å². The SMILES string of the molecule is Cn1cc(Oc2ccc(Br)cc2CCN)cn1. The molecule has 0 bridgehead atoms. The van der Waals surface area contributed by atoms with Crippen LogP contribution in [0, 0.1) is 0 Å². The van der Waals surface area contributed by atoms with Crippen LogP contribution < -0.4 is 10.5 Å². The lowest BCUT2D eigenvalue weighted by atomic mass is 10.1. The normalized spacial score (nSPS) is 10.5. The van der Waals surface area contributed by atoms with Crippen LogP contribution in [0.5, 0.6) is 11.5 Å². The topological polar surface area (TPSA) is 53.1 Å². The molecule has 0 radical (unpaired) electrons. The maximum Gasteiger partial charge on any atom is 0.165 e. The number of benzene rings is 1. The van der Waals surface area contributed by atoms with Gasteiger partial charge in [-0.2, -0.15) is 5.10 Å². The fourth-order valence-corrected chi connectivity index (χ4v) is 1.99. The van der Waals surface area contributed by atoms with Crippen LogP contribution in [0.3, 0.4) is 0 Å². The highest BCUT2D eigenvalue weighted by atomic mass is 79.9. The van der Waals surface area contributed by atoms with Gasteiger partial charge in [0.05, 0.1) is 12.4 Å². The molecule has 1 heterocycles. The molecule has 1 aromatic carbocycles. The quantitative estimate of drug-likeness (QED) is 0.943. The molecule has 0 aliphatic rings. The Morgan fingerprint density at radius 1 is 1.47 bits per heavy atom. The van der Waals surface area contributed by atoms with Crippen LogP contribution in [0.15, 0.2) is 35.1 Å². The second-order valence-corrected chi connectivity index (χ2v) is 4.66. The highest BCUT2D eigenvalue weighted by Gasteiger charge is 2.06. The molecule has 4 nitrogen and oxygen atoms in total. The van der Waals surface area contributed by atoms with Crippen LogP contribution in [0.25, 0.3) is 0 Å². The van der Waals surface area contributed by atoms with E-state index in [1.54, 1.807) is 10.9 Å². The third-order valence-electron chi connectivity index (χ3n) is 2.35. The van der Waals surface area contributed by atoms with Gasteiger partial charge >= 0.3 is 0 Å². The van der Waals surface area contributed by atoms with Crippen molar-refractivity contribution in [1.29, 1.82) is 0 Å². The van der Waals surface area contributed by atoms with E-state index in [0.29, 0.717) is 6.54 Å². The summed E-state index contributed by atoms with van der Waals surface area (Å²) in [6, 6.07) is 5.91. The molecule has 2 aromatic rings. The molecule has 90 valence electrons. The molecule has 1 aromatic heterocycles. The molecule has 0 spiro atoms. The maximum atomic E-state index is 5.78. The van der Waals surface area contributed by atoms with Gasteiger partial charge < -0.3 is 10.5 Å². The number of rotatable bonds is 4. The minimum atomic E-state index is 0.597. The predicted molar refractivity (Wildman–Crippen MR) is 70.2 cm³/mol. The van der Waals surface area contributed by atoms with Crippen molar-refractivity contribution in [3.8, 4) is 11.5 Å². The number of nitrogens with two attached hydrogens (primary N) is 1. The van der Waals surface area contributed by atoms with E-state index in [1.165, 1.54) is 0 Å². The van der Waals surface area contributed by atoms with Gasteiger partial charge in [-0.3, -0.25) is 4.68 Å². The second kappa shape index (κ2) is 5.33. The third kappa shape index (κ3) is 3.08. The standard InChI is InChI=1S/C12H14BrN3O/c1-16-8-11(7-15-16)17-12-3-2-10(13)6-9(12)4-5-14/h2-3,6-8H,4-5,14H2,1H3. The minimum absolute atomic E-state index is 0.597. The first-order valence-corrected chi connectivity index (χ1v) is 6.13. The van der Waals surface area contributed by atoms with Crippen molar-refractivity contribution in [2.24, 2.45) is 12.8 Å². The zero-order chi connectivity index (χ0) is 12.3. The molecule has 0 fully saturated rings. The third-order valence-corrected chi connectivity index (χ3v) is 2.84. The molecule has 2 N–H and O–H groups in total. The van der Waals surface area contributed by atoms with Gasteiger partial charge in [-0.15, -0.1) is 0 Å². The van der Waals surface area contributed by atoms with E-state index in [1.807, 2.05) is 31.4 Å². The Bertz CT molecular complexity index is 510. The summed E-state index contributed by atoms with van der Waals surface area (Å²) in [5, 5.41) is 4.06. The summed E-state index contributed by atoms with van der Waals surface area (Å²) in [7, 11) is 1.86. The molecule has 0 amide bonds. The lowest BCUT2D eigenvalue weighted by Crippen LogP contribution is -2.04. The Morgan fingerprint density at radius 3 is 2.94 bits per heavy atom. The molecular weight excluding hydrogens is 282 g/mol. The van der Waals surface area contributed by atoms with Gasteiger partial charge in [0.1, 0.15) is 5.75 Å². The Kier molecular flexibility index (Phi) is 3.81. The second-order valence-electron chi connectivity index (χ2n) is 3.74. The lowest BCUT2D eigenvalue weighted by molar-refractivity contribution is 0.475. The lowest BCUT2D eigenvalue weighted by Gasteiger charge is -2.09. The van der Waals surface area contributed by atoms with Crippen LogP contribution in [0.4, 0.5) is 0 Å². The van der Waals surface area contributed by atoms with Crippen LogP contribution in [-0.2, 0) is 13.5 Å². The number of ether oxygens (including phenoxy) is 1. The van der Waals surface area contributed by atoms with Gasteiger partial charge in [-0.05, 0) is 36.7 Å². The number of hydrogen-bond acceptors (Lipinski definition) is 3. The van der Waals surface area contributed by atoms with E-state index in [9.17, 15) is 0 Å². The molecule has 0 aliphatic heterocycles. The first-order chi connectivity index (χ1) is 8.19. The van der Waals surface area contributed by atoms with E-state index in [0.717, 1.165) is 28.0 Å². The Hall–Kier alpha value is -1.33. The maximum absolute atomic E-state index is 5.78. The van der Waals surface area contributed by atoms with Gasteiger partial charge in [0.25, 0.3) is 0 Å². The molecule has 0 atom stereocenters. The molecule has 0 aliphatic carbocycles. The molecular formula is C12H14BrN3O. The van der Waals surface area contributed by atoms with Gasteiger partial charge in [-0.25, -0.2) is 0 Å².